The molecule has 4 heteroatoms. The number of fused-ring (bicyclic) bond motifs is 1. The van der Waals surface area contributed by atoms with Gasteiger partial charge < -0.3 is 11.8 Å². The van der Waals surface area contributed by atoms with Crippen molar-refractivity contribution in [2.45, 2.75) is 46.0 Å². The molecular weight excluding hydrogens is 363 g/mol. The fourth-order valence-electron chi connectivity index (χ4n) is 3.39. The summed E-state index contributed by atoms with van der Waals surface area (Å²) in [4.78, 5) is 26.7. The molecule has 0 saturated carbocycles. The summed E-state index contributed by atoms with van der Waals surface area (Å²) in [7, 11) is 4.03. The predicted molar refractivity (Wildman–Crippen MR) is 90.5 cm³/mol. The van der Waals surface area contributed by atoms with Crippen molar-refractivity contribution in [3.05, 3.63) is 35.7 Å². The van der Waals surface area contributed by atoms with Crippen LogP contribution in [0.3, 0.4) is 0 Å². The van der Waals surface area contributed by atoms with Crippen LogP contribution in [0.4, 0.5) is 5.69 Å². The number of carbonyl (C=O) groups excluding carboxylic acids is 2. The summed E-state index contributed by atoms with van der Waals surface area (Å²) in [5, 5.41) is 0. The third kappa shape index (κ3) is 3.93. The van der Waals surface area contributed by atoms with Crippen LogP contribution in [0.1, 0.15) is 54.1 Å². The number of ketones is 2. The molecule has 1 aromatic rings. The van der Waals surface area contributed by atoms with E-state index in [1.807, 2.05) is 34.0 Å². The minimum atomic E-state index is -0.482. The van der Waals surface area contributed by atoms with Crippen molar-refractivity contribution in [3.63, 3.8) is 0 Å². The first-order valence-electron chi connectivity index (χ1n) is 8.01. The molecule has 0 heterocycles. The molecule has 1 unspecified atom stereocenters. The molecule has 1 radical (unpaired) electrons. The van der Waals surface area contributed by atoms with E-state index in [4.69, 9.17) is 0 Å². The van der Waals surface area contributed by atoms with Gasteiger partial charge in [0, 0.05) is 76.3 Å². The Bertz CT molecular complexity index is 610. The van der Waals surface area contributed by atoms with Crippen LogP contribution in [0.2, 0.25) is 0 Å². The Morgan fingerprint density at radius 1 is 1.35 bits per heavy atom. The largest absolute Gasteiger partial charge is 0.377 e. The number of anilines is 1. The van der Waals surface area contributed by atoms with Gasteiger partial charge in [-0.3, -0.25) is 9.59 Å². The van der Waals surface area contributed by atoms with Crippen LogP contribution in [0.5, 0.6) is 0 Å². The average Bonchev–Trinajstić information content (AvgIpc) is 2.77. The quantitative estimate of drug-likeness (QED) is 0.696. The number of nitrogens with zero attached hydrogens (tertiary/aromatic N) is 1. The molecule has 0 aliphatic heterocycles. The maximum Gasteiger partial charge on any atom is 0.167 e. The second-order valence-electron chi connectivity index (χ2n) is 6.62. The Morgan fingerprint density at radius 3 is 2.52 bits per heavy atom. The number of benzene rings is 1. The number of carbonyl (C=O) groups is 2. The summed E-state index contributed by atoms with van der Waals surface area (Å²) < 4.78 is 0. The average molecular weight is 389 g/mol. The molecule has 0 spiro atoms. The molecule has 0 aromatic heterocycles. The van der Waals surface area contributed by atoms with Crippen LogP contribution in [-0.4, -0.2) is 25.7 Å². The van der Waals surface area contributed by atoms with Crippen molar-refractivity contribution >= 4 is 17.3 Å². The molecule has 23 heavy (non-hydrogen) atoms. The van der Waals surface area contributed by atoms with Crippen molar-refractivity contribution in [2.75, 3.05) is 19.0 Å². The van der Waals surface area contributed by atoms with Gasteiger partial charge >= 0.3 is 0 Å². The minimum absolute atomic E-state index is 0. The van der Waals surface area contributed by atoms with Crippen molar-refractivity contribution in [1.82, 2.24) is 0 Å². The summed E-state index contributed by atoms with van der Waals surface area (Å²) >= 11 is 0. The summed E-state index contributed by atoms with van der Waals surface area (Å²) in [6.07, 6.45) is 2.90. The van der Waals surface area contributed by atoms with E-state index in [-0.39, 0.29) is 44.3 Å². The fraction of sp³-hybridized carbons (Fsp3) is 0.526. The Morgan fingerprint density at radius 2 is 2.00 bits per heavy atom. The molecule has 0 bridgehead atoms. The van der Waals surface area contributed by atoms with Gasteiger partial charge in [-0.15, -0.1) is 0 Å². The normalized spacial score (nSPS) is 19.3. The number of rotatable bonds is 6. The fourth-order valence-corrected chi connectivity index (χ4v) is 3.39. The zero-order valence-corrected chi connectivity index (χ0v) is 17.6. The maximum absolute atomic E-state index is 12.9. The van der Waals surface area contributed by atoms with Gasteiger partial charge in [-0.2, -0.15) is 6.42 Å². The molecular formula is C19H26NO2Y-. The zero-order chi connectivity index (χ0) is 16.5. The number of hydrogen-bond donors (Lipinski definition) is 0. The van der Waals surface area contributed by atoms with Gasteiger partial charge in [0.2, 0.25) is 0 Å². The minimum Gasteiger partial charge on any atom is -0.377 e. The van der Waals surface area contributed by atoms with Crippen molar-refractivity contribution in [3.8, 4) is 0 Å². The van der Waals surface area contributed by atoms with Crippen LogP contribution < -0.4 is 4.90 Å². The summed E-state index contributed by atoms with van der Waals surface area (Å²) in [6.45, 7) is 7.92. The molecule has 0 N–H and O–H groups in total. The Balaban J connectivity index is 0.00000264. The number of aryl methyl sites for hydroxylation is 1. The molecule has 1 atom stereocenters. The second-order valence-corrected chi connectivity index (χ2v) is 6.62. The Kier molecular flexibility index (Phi) is 7.16. The number of hydrogen-bond acceptors (Lipinski definition) is 3. The summed E-state index contributed by atoms with van der Waals surface area (Å²) in [5.41, 5.74) is 3.71. The topological polar surface area (TPSA) is 37.4 Å². The molecule has 0 fully saturated rings. The molecule has 1 aliphatic carbocycles. The van der Waals surface area contributed by atoms with E-state index in [0.717, 1.165) is 22.4 Å². The van der Waals surface area contributed by atoms with Gasteiger partial charge in [-0.25, -0.2) is 0 Å². The van der Waals surface area contributed by atoms with Crippen LogP contribution in [0.25, 0.3) is 0 Å². The summed E-state index contributed by atoms with van der Waals surface area (Å²) in [6, 6.07) is 4.13. The second kappa shape index (κ2) is 8.03. The van der Waals surface area contributed by atoms with E-state index in [9.17, 15) is 9.59 Å². The molecule has 3 nitrogen and oxygen atoms in total. The van der Waals surface area contributed by atoms with E-state index >= 15 is 0 Å². The summed E-state index contributed by atoms with van der Waals surface area (Å²) in [5.74, 6) is 0.400. The molecule has 1 aromatic carbocycles. The van der Waals surface area contributed by atoms with Crippen molar-refractivity contribution < 1.29 is 42.3 Å². The van der Waals surface area contributed by atoms with Gasteiger partial charge in [0.15, 0.2) is 5.78 Å². The van der Waals surface area contributed by atoms with E-state index in [1.165, 1.54) is 0 Å². The first kappa shape index (κ1) is 20.5. The van der Waals surface area contributed by atoms with E-state index in [0.29, 0.717) is 32.1 Å². The molecule has 2 rings (SSSR count). The van der Waals surface area contributed by atoms with Crippen LogP contribution >= 0.6 is 0 Å². The number of Topliss-reactive ketones (excluding diaryl/α,β-unsaturated/α-hetero) is 2. The van der Waals surface area contributed by atoms with Gasteiger partial charge in [-0.1, -0.05) is 6.92 Å². The maximum atomic E-state index is 12.9. The Hall–Kier alpha value is -0.536. The SMILES string of the molecule is [CH2-]CC1(CCC(=O)CC)Cc2cc(N(C)C)c(C)cc2C1=O.[Y]. The van der Waals surface area contributed by atoms with Crippen LogP contribution in [0, 0.1) is 19.3 Å². The van der Waals surface area contributed by atoms with Gasteiger partial charge in [-0.05, 0) is 43.0 Å². The van der Waals surface area contributed by atoms with Gasteiger partial charge in [0.1, 0.15) is 5.78 Å². The van der Waals surface area contributed by atoms with E-state index < -0.39 is 5.41 Å². The smallest absolute Gasteiger partial charge is 0.167 e. The van der Waals surface area contributed by atoms with Crippen LogP contribution in [0.15, 0.2) is 12.1 Å². The van der Waals surface area contributed by atoms with Crippen LogP contribution in [-0.2, 0) is 43.9 Å². The van der Waals surface area contributed by atoms with Gasteiger partial charge in [0.25, 0.3) is 0 Å². The monoisotopic (exact) mass is 389 g/mol. The van der Waals surface area contributed by atoms with E-state index in [2.05, 4.69) is 17.9 Å². The first-order chi connectivity index (χ1) is 10.3. The van der Waals surface area contributed by atoms with E-state index in [1.54, 1.807) is 0 Å². The van der Waals surface area contributed by atoms with Crippen molar-refractivity contribution in [1.29, 1.82) is 0 Å². The standard InChI is InChI=1S/C19H26NO2.Y/c1-6-15(21)8-9-19(7-2)12-14-11-17(20(4)5)13(3)10-16(14)18(19)22;/h10-11H,2,6-9,12H2,1,3-5H3;/q-1;. The molecule has 0 saturated heterocycles. The predicted octanol–water partition coefficient (Wildman–Crippen LogP) is 3.77. The molecule has 123 valence electrons. The molecule has 0 amide bonds. The van der Waals surface area contributed by atoms with Gasteiger partial charge in [0.05, 0.1) is 0 Å². The molecule has 1 aliphatic rings. The zero-order valence-electron chi connectivity index (χ0n) is 14.7. The Labute approximate surface area is 165 Å². The third-order valence-corrected chi connectivity index (χ3v) is 4.91. The van der Waals surface area contributed by atoms with Crippen molar-refractivity contribution in [2.24, 2.45) is 5.41 Å². The first-order valence-corrected chi connectivity index (χ1v) is 8.01. The third-order valence-electron chi connectivity index (χ3n) is 4.91.